The second-order valence-electron chi connectivity index (χ2n) is 8.12. The van der Waals surface area contributed by atoms with Crippen LogP contribution in [0, 0.1) is 0 Å². The van der Waals surface area contributed by atoms with Crippen molar-refractivity contribution < 1.29 is 29.1 Å². The molecule has 31 heavy (non-hydrogen) atoms. The lowest BCUT2D eigenvalue weighted by molar-refractivity contribution is -0.146. The molecule has 1 aromatic rings. The number of amides is 4. The topological polar surface area (TPSA) is 115 Å². The first-order valence-corrected chi connectivity index (χ1v) is 10.6. The van der Waals surface area contributed by atoms with E-state index in [-0.39, 0.29) is 30.6 Å². The maximum absolute atomic E-state index is 13.1. The molecule has 164 valence electrons. The van der Waals surface area contributed by atoms with Crippen molar-refractivity contribution in [1.82, 2.24) is 14.7 Å². The number of hydrogen-bond acceptors (Lipinski definition) is 6. The van der Waals surface area contributed by atoms with E-state index in [0.29, 0.717) is 49.9 Å². The van der Waals surface area contributed by atoms with E-state index >= 15 is 0 Å². The number of imide groups is 1. The van der Waals surface area contributed by atoms with Gasteiger partial charge < -0.3 is 14.9 Å². The van der Waals surface area contributed by atoms with Gasteiger partial charge in [0.05, 0.1) is 17.2 Å². The number of rotatable bonds is 6. The van der Waals surface area contributed by atoms with Gasteiger partial charge in [-0.15, -0.1) is 0 Å². The van der Waals surface area contributed by atoms with Crippen molar-refractivity contribution in [3.63, 3.8) is 0 Å². The molecule has 0 radical (unpaired) electrons. The third-order valence-electron chi connectivity index (χ3n) is 6.35. The van der Waals surface area contributed by atoms with Crippen molar-refractivity contribution >= 4 is 29.4 Å². The van der Waals surface area contributed by atoms with Crippen LogP contribution in [0.25, 0.3) is 0 Å². The van der Waals surface area contributed by atoms with E-state index in [9.17, 15) is 29.1 Å². The second kappa shape index (κ2) is 8.58. The molecule has 0 saturated carbocycles. The maximum atomic E-state index is 13.1. The smallest absolute Gasteiger partial charge is 0.261 e. The van der Waals surface area contributed by atoms with Gasteiger partial charge in [0.1, 0.15) is 12.6 Å². The van der Waals surface area contributed by atoms with Gasteiger partial charge in [-0.3, -0.25) is 28.9 Å². The Morgan fingerprint density at radius 3 is 2.10 bits per heavy atom. The molecule has 0 bridgehead atoms. The van der Waals surface area contributed by atoms with Crippen LogP contribution in [0.3, 0.4) is 0 Å². The molecule has 4 amide bonds. The van der Waals surface area contributed by atoms with E-state index in [1.165, 1.54) is 9.80 Å². The molecule has 0 unspecified atom stereocenters. The van der Waals surface area contributed by atoms with E-state index in [2.05, 4.69) is 0 Å². The van der Waals surface area contributed by atoms with Crippen molar-refractivity contribution in [1.29, 1.82) is 0 Å². The van der Waals surface area contributed by atoms with Gasteiger partial charge in [0.2, 0.25) is 11.8 Å². The monoisotopic (exact) mass is 427 g/mol. The summed E-state index contributed by atoms with van der Waals surface area (Å²) in [6, 6.07) is 5.27. The molecule has 2 atom stereocenters. The zero-order chi connectivity index (χ0) is 22.1. The number of likely N-dealkylation sites (tertiary alicyclic amines) is 2. The first-order chi connectivity index (χ1) is 14.9. The average molecular weight is 427 g/mol. The quantitative estimate of drug-likeness (QED) is 0.650. The summed E-state index contributed by atoms with van der Waals surface area (Å²) >= 11 is 0. The fourth-order valence-electron chi connectivity index (χ4n) is 4.78. The molecule has 2 saturated heterocycles. The van der Waals surface area contributed by atoms with Crippen LogP contribution < -0.4 is 0 Å². The Balaban J connectivity index is 1.40. The van der Waals surface area contributed by atoms with E-state index < -0.39 is 30.5 Å². The first kappa shape index (κ1) is 21.2. The zero-order valence-electron chi connectivity index (χ0n) is 17.2. The number of hydrogen-bond donors (Lipinski definition) is 1. The van der Waals surface area contributed by atoms with Crippen LogP contribution in [0.15, 0.2) is 24.3 Å². The molecule has 9 nitrogen and oxygen atoms in total. The van der Waals surface area contributed by atoms with Crippen LogP contribution in [0.1, 0.15) is 52.8 Å². The fraction of sp³-hybridized carbons (Fsp3) is 0.500. The molecule has 0 aliphatic carbocycles. The Hall–Kier alpha value is -3.07. The van der Waals surface area contributed by atoms with Crippen LogP contribution in [0.4, 0.5) is 0 Å². The summed E-state index contributed by atoms with van der Waals surface area (Å²) in [4.78, 5) is 67.0. The predicted molar refractivity (Wildman–Crippen MR) is 108 cm³/mol. The Labute approximate surface area is 179 Å². The van der Waals surface area contributed by atoms with E-state index in [4.69, 9.17) is 0 Å². The lowest BCUT2D eigenvalue weighted by atomic mass is 10.1. The molecule has 1 N–H and O–H groups in total. The normalized spacial score (nSPS) is 22.9. The van der Waals surface area contributed by atoms with Gasteiger partial charge in [-0.25, -0.2) is 0 Å². The van der Waals surface area contributed by atoms with Gasteiger partial charge in [-0.2, -0.15) is 0 Å². The summed E-state index contributed by atoms with van der Waals surface area (Å²) in [5.74, 6) is -1.77. The van der Waals surface area contributed by atoms with Gasteiger partial charge in [0.25, 0.3) is 11.8 Å². The number of aliphatic hydroxyl groups excluding tert-OH is 1. The molecule has 0 aromatic heterocycles. The summed E-state index contributed by atoms with van der Waals surface area (Å²) in [5, 5.41) is 9.17. The predicted octanol–water partition coefficient (Wildman–Crippen LogP) is 0.216. The standard InChI is InChI=1S/C22H25N3O6/c26-13-18(27)16-7-3-11-24(16)22(31)17-8-4-10-23(17)19(28)9-12-25-20(29)14-5-1-2-6-15(14)21(25)30/h1-2,5-6,16-17,26H,3-4,7-13H2/t16-,17-/m0/s1. The summed E-state index contributed by atoms with van der Waals surface area (Å²) < 4.78 is 0. The molecule has 9 heteroatoms. The maximum Gasteiger partial charge on any atom is 0.261 e. The van der Waals surface area contributed by atoms with Crippen LogP contribution in [-0.2, 0) is 14.4 Å². The number of ketones is 1. The lowest BCUT2D eigenvalue weighted by Gasteiger charge is -2.31. The Morgan fingerprint density at radius 2 is 1.48 bits per heavy atom. The highest BCUT2D eigenvalue weighted by Gasteiger charge is 2.42. The zero-order valence-corrected chi connectivity index (χ0v) is 17.2. The Bertz CT molecular complexity index is 910. The van der Waals surface area contributed by atoms with Crippen molar-refractivity contribution in [3.05, 3.63) is 35.4 Å². The highest BCUT2D eigenvalue weighted by molar-refractivity contribution is 6.21. The van der Waals surface area contributed by atoms with E-state index in [0.717, 1.165) is 4.90 Å². The molecular weight excluding hydrogens is 402 g/mol. The number of aliphatic hydroxyl groups is 1. The first-order valence-electron chi connectivity index (χ1n) is 10.6. The number of carbonyl (C=O) groups is 5. The Morgan fingerprint density at radius 1 is 0.903 bits per heavy atom. The SMILES string of the molecule is O=C(CO)[C@@H]1CCCN1C(=O)[C@@H]1CCCN1C(=O)CCN1C(=O)c2ccccc2C1=O. The molecule has 1 aromatic carbocycles. The minimum atomic E-state index is -0.651. The van der Waals surface area contributed by atoms with E-state index in [1.54, 1.807) is 24.3 Å². The van der Waals surface area contributed by atoms with E-state index in [1.807, 2.05) is 0 Å². The number of benzene rings is 1. The molecule has 3 aliphatic heterocycles. The summed E-state index contributed by atoms with van der Waals surface area (Å²) in [6.07, 6.45) is 2.32. The van der Waals surface area contributed by atoms with Gasteiger partial charge in [-0.1, -0.05) is 12.1 Å². The summed E-state index contributed by atoms with van der Waals surface area (Å²) in [6.45, 7) is 0.201. The molecule has 3 heterocycles. The molecule has 0 spiro atoms. The van der Waals surface area contributed by atoms with Crippen LogP contribution >= 0.6 is 0 Å². The number of carbonyl (C=O) groups excluding carboxylic acids is 5. The highest BCUT2D eigenvalue weighted by atomic mass is 16.3. The van der Waals surface area contributed by atoms with Crippen molar-refractivity contribution in [2.24, 2.45) is 0 Å². The second-order valence-corrected chi connectivity index (χ2v) is 8.12. The summed E-state index contributed by atoms with van der Waals surface area (Å²) in [5.41, 5.74) is 0.672. The molecular formula is C22H25N3O6. The third-order valence-corrected chi connectivity index (χ3v) is 6.35. The molecule has 2 fully saturated rings. The Kier molecular flexibility index (Phi) is 5.86. The fourth-order valence-corrected chi connectivity index (χ4v) is 4.78. The minimum absolute atomic E-state index is 0.0437. The minimum Gasteiger partial charge on any atom is -0.389 e. The van der Waals surface area contributed by atoms with Crippen molar-refractivity contribution in [2.75, 3.05) is 26.2 Å². The lowest BCUT2D eigenvalue weighted by Crippen LogP contribution is -2.51. The summed E-state index contributed by atoms with van der Waals surface area (Å²) in [7, 11) is 0. The van der Waals surface area contributed by atoms with Crippen LogP contribution in [0.5, 0.6) is 0 Å². The number of Topliss-reactive ketones (excluding diaryl/α,β-unsaturated/α-hetero) is 1. The van der Waals surface area contributed by atoms with Crippen LogP contribution in [-0.4, -0.2) is 87.5 Å². The molecule has 3 aliphatic rings. The average Bonchev–Trinajstić information content (AvgIpc) is 3.51. The van der Waals surface area contributed by atoms with Crippen molar-refractivity contribution in [3.8, 4) is 0 Å². The van der Waals surface area contributed by atoms with Gasteiger partial charge in [0.15, 0.2) is 5.78 Å². The number of fused-ring (bicyclic) bond motifs is 1. The number of nitrogens with zero attached hydrogens (tertiary/aromatic N) is 3. The molecule has 4 rings (SSSR count). The highest BCUT2D eigenvalue weighted by Crippen LogP contribution is 2.27. The largest absolute Gasteiger partial charge is 0.389 e. The third kappa shape index (κ3) is 3.74. The van der Waals surface area contributed by atoms with Gasteiger partial charge in [-0.05, 0) is 37.8 Å². The van der Waals surface area contributed by atoms with Gasteiger partial charge in [0, 0.05) is 26.1 Å². The van der Waals surface area contributed by atoms with Crippen molar-refractivity contribution in [2.45, 2.75) is 44.2 Å². The van der Waals surface area contributed by atoms with Gasteiger partial charge >= 0.3 is 0 Å². The van der Waals surface area contributed by atoms with Crippen LogP contribution in [0.2, 0.25) is 0 Å².